The van der Waals surface area contributed by atoms with Crippen LogP contribution in [0.3, 0.4) is 0 Å². The summed E-state index contributed by atoms with van der Waals surface area (Å²) in [5, 5.41) is 0. The average Bonchev–Trinajstić information content (AvgIpc) is 2.70. The monoisotopic (exact) mass is 423 g/mol. The van der Waals surface area contributed by atoms with E-state index in [9.17, 15) is 27.6 Å². The molecule has 1 heterocycles. The van der Waals surface area contributed by atoms with Crippen LogP contribution in [0, 0.1) is 23.4 Å². The number of ketones is 1. The second-order valence-corrected chi connectivity index (χ2v) is 6.25. The number of aromatic nitrogens is 1. The Morgan fingerprint density at radius 1 is 0.933 bits per heavy atom. The molecule has 0 aliphatic rings. The molecular formula is C21H20F3NO5. The number of hydrogen-bond acceptors (Lipinski definition) is 6. The van der Waals surface area contributed by atoms with Crippen LogP contribution in [0.25, 0.3) is 0 Å². The molecule has 2 aromatic rings. The summed E-state index contributed by atoms with van der Waals surface area (Å²) in [5.41, 5.74) is 0.259. The highest BCUT2D eigenvalue weighted by Crippen LogP contribution is 2.26. The third-order valence-electron chi connectivity index (χ3n) is 4.20. The molecule has 0 aliphatic heterocycles. The van der Waals surface area contributed by atoms with Gasteiger partial charge in [0.25, 0.3) is 0 Å². The van der Waals surface area contributed by atoms with Crippen LogP contribution in [-0.2, 0) is 30.3 Å². The predicted octanol–water partition coefficient (Wildman–Crippen LogP) is 3.14. The minimum atomic E-state index is -1.90. The largest absolute Gasteiger partial charge is 0.465 e. The van der Waals surface area contributed by atoms with Gasteiger partial charge in [0, 0.05) is 0 Å². The maximum Gasteiger partial charge on any atom is 0.328 e. The van der Waals surface area contributed by atoms with Crippen molar-refractivity contribution in [3.8, 4) is 0 Å². The van der Waals surface area contributed by atoms with Crippen molar-refractivity contribution in [2.75, 3.05) is 13.2 Å². The number of hydrogen-bond donors (Lipinski definition) is 0. The van der Waals surface area contributed by atoms with E-state index < -0.39 is 47.0 Å². The van der Waals surface area contributed by atoms with Gasteiger partial charge in [0.15, 0.2) is 17.4 Å². The van der Waals surface area contributed by atoms with Crippen molar-refractivity contribution in [3.05, 3.63) is 65.2 Å². The van der Waals surface area contributed by atoms with Crippen LogP contribution in [0.4, 0.5) is 13.2 Å². The summed E-state index contributed by atoms with van der Waals surface area (Å²) in [4.78, 5) is 41.7. The molecule has 0 radical (unpaired) electrons. The fraction of sp³-hybridized carbons (Fsp3) is 0.333. The Bertz CT molecular complexity index is 899. The Labute approximate surface area is 171 Å². The van der Waals surface area contributed by atoms with Gasteiger partial charge in [0.05, 0.1) is 31.0 Å². The number of carbonyl (C=O) groups is 3. The lowest BCUT2D eigenvalue weighted by Crippen LogP contribution is -2.38. The highest BCUT2D eigenvalue weighted by atomic mass is 19.2. The summed E-state index contributed by atoms with van der Waals surface area (Å²) in [7, 11) is 0. The van der Waals surface area contributed by atoms with E-state index in [1.54, 1.807) is 0 Å². The van der Waals surface area contributed by atoms with Crippen LogP contribution in [-0.4, -0.2) is 35.9 Å². The molecule has 0 N–H and O–H groups in total. The predicted molar refractivity (Wildman–Crippen MR) is 98.8 cm³/mol. The number of nitrogens with zero attached hydrogens (tertiary/aromatic N) is 1. The molecule has 6 nitrogen and oxygen atoms in total. The standard InChI is InChI=1S/C21H20F3NO5/c1-3-29-20(27)18(21(28)30-4-2)19(26)14(17-8-6-13(22)11-25-17)9-12-5-7-15(23)16(24)10-12/h5-8,10-11,14,18H,3-4,9H2,1-2H3. The van der Waals surface area contributed by atoms with Crippen LogP contribution < -0.4 is 0 Å². The first-order valence-corrected chi connectivity index (χ1v) is 9.20. The summed E-state index contributed by atoms with van der Waals surface area (Å²) in [5.74, 6) is -9.10. The number of carbonyl (C=O) groups excluding carboxylic acids is 3. The zero-order valence-corrected chi connectivity index (χ0v) is 16.4. The van der Waals surface area contributed by atoms with Crippen LogP contribution in [0.15, 0.2) is 36.5 Å². The molecule has 1 aromatic heterocycles. The highest BCUT2D eigenvalue weighted by molar-refractivity contribution is 6.16. The van der Waals surface area contributed by atoms with E-state index in [0.717, 1.165) is 24.4 Å². The quantitative estimate of drug-likeness (QED) is 0.455. The normalized spacial score (nSPS) is 11.8. The van der Waals surface area contributed by atoms with Gasteiger partial charge in [0.2, 0.25) is 5.92 Å². The summed E-state index contributed by atoms with van der Waals surface area (Å²) >= 11 is 0. The van der Waals surface area contributed by atoms with Gasteiger partial charge in [0.1, 0.15) is 5.82 Å². The molecule has 0 bridgehead atoms. The number of rotatable bonds is 9. The van der Waals surface area contributed by atoms with E-state index in [0.29, 0.717) is 0 Å². The lowest BCUT2D eigenvalue weighted by Gasteiger charge is -2.20. The van der Waals surface area contributed by atoms with E-state index in [4.69, 9.17) is 9.47 Å². The molecule has 1 atom stereocenters. The zero-order chi connectivity index (χ0) is 22.3. The van der Waals surface area contributed by atoms with Gasteiger partial charge < -0.3 is 9.47 Å². The van der Waals surface area contributed by atoms with E-state index in [1.165, 1.54) is 26.0 Å². The summed E-state index contributed by atoms with van der Waals surface area (Å²) in [6.45, 7) is 2.85. The SMILES string of the molecule is CCOC(=O)C(C(=O)OCC)C(=O)C(Cc1ccc(F)c(F)c1)c1ccc(F)cn1. The van der Waals surface area contributed by atoms with Gasteiger partial charge in [-0.15, -0.1) is 0 Å². The number of halogens is 3. The first-order valence-electron chi connectivity index (χ1n) is 9.20. The van der Waals surface area contributed by atoms with E-state index in [1.807, 2.05) is 0 Å². The van der Waals surface area contributed by atoms with E-state index >= 15 is 0 Å². The van der Waals surface area contributed by atoms with E-state index in [2.05, 4.69) is 4.98 Å². The number of pyridine rings is 1. The molecule has 0 spiro atoms. The fourth-order valence-corrected chi connectivity index (χ4v) is 2.83. The molecule has 160 valence electrons. The number of Topliss-reactive ketones (excluding diaryl/α,β-unsaturated/α-hetero) is 1. The second-order valence-electron chi connectivity index (χ2n) is 6.25. The third kappa shape index (κ3) is 5.65. The second kappa shape index (κ2) is 10.5. The summed E-state index contributed by atoms with van der Waals surface area (Å²) in [6.07, 6.45) is 0.647. The van der Waals surface area contributed by atoms with Crippen molar-refractivity contribution in [3.63, 3.8) is 0 Å². The Kier molecular flexibility index (Phi) is 8.08. The lowest BCUT2D eigenvalue weighted by atomic mass is 9.85. The smallest absolute Gasteiger partial charge is 0.328 e. The van der Waals surface area contributed by atoms with Crippen LogP contribution >= 0.6 is 0 Å². The molecule has 0 saturated carbocycles. The van der Waals surface area contributed by atoms with Gasteiger partial charge in [-0.2, -0.15) is 0 Å². The lowest BCUT2D eigenvalue weighted by molar-refractivity contribution is -0.164. The van der Waals surface area contributed by atoms with Gasteiger partial charge >= 0.3 is 11.9 Å². The Hall–Kier alpha value is -3.23. The van der Waals surface area contributed by atoms with Crippen LogP contribution in [0.5, 0.6) is 0 Å². The molecule has 0 amide bonds. The maximum atomic E-state index is 13.6. The number of benzene rings is 1. The fourth-order valence-electron chi connectivity index (χ4n) is 2.83. The van der Waals surface area contributed by atoms with Gasteiger partial charge in [-0.25, -0.2) is 13.2 Å². The van der Waals surface area contributed by atoms with Crippen molar-refractivity contribution in [2.24, 2.45) is 5.92 Å². The number of esters is 2. The Morgan fingerprint density at radius 3 is 2.07 bits per heavy atom. The molecular weight excluding hydrogens is 403 g/mol. The van der Waals surface area contributed by atoms with Crippen molar-refractivity contribution >= 4 is 17.7 Å². The third-order valence-corrected chi connectivity index (χ3v) is 4.20. The topological polar surface area (TPSA) is 82.6 Å². The summed E-state index contributed by atoms with van der Waals surface area (Å²) < 4.78 is 49.9. The maximum absolute atomic E-state index is 13.6. The zero-order valence-electron chi connectivity index (χ0n) is 16.4. The van der Waals surface area contributed by atoms with Crippen LogP contribution in [0.2, 0.25) is 0 Å². The van der Waals surface area contributed by atoms with Crippen molar-refractivity contribution in [2.45, 2.75) is 26.2 Å². The number of ether oxygens (including phenoxy) is 2. The highest BCUT2D eigenvalue weighted by Gasteiger charge is 2.41. The van der Waals surface area contributed by atoms with Crippen molar-refractivity contribution in [1.29, 1.82) is 0 Å². The summed E-state index contributed by atoms with van der Waals surface area (Å²) in [6, 6.07) is 5.30. The van der Waals surface area contributed by atoms with Gasteiger partial charge in [-0.3, -0.25) is 19.4 Å². The minimum absolute atomic E-state index is 0.0460. The van der Waals surface area contributed by atoms with Crippen molar-refractivity contribution < 1.29 is 37.0 Å². The van der Waals surface area contributed by atoms with E-state index in [-0.39, 0.29) is 30.9 Å². The first-order chi connectivity index (χ1) is 14.3. The molecule has 0 fully saturated rings. The van der Waals surface area contributed by atoms with Gasteiger partial charge in [-0.1, -0.05) is 6.07 Å². The molecule has 0 aliphatic carbocycles. The molecule has 2 rings (SSSR count). The first kappa shape index (κ1) is 23.1. The average molecular weight is 423 g/mol. The Morgan fingerprint density at radius 2 is 1.57 bits per heavy atom. The molecule has 30 heavy (non-hydrogen) atoms. The minimum Gasteiger partial charge on any atom is -0.465 e. The van der Waals surface area contributed by atoms with Gasteiger partial charge in [-0.05, 0) is 50.1 Å². The molecule has 1 unspecified atom stereocenters. The van der Waals surface area contributed by atoms with Crippen LogP contribution in [0.1, 0.15) is 31.0 Å². The molecule has 0 saturated heterocycles. The molecule has 9 heteroatoms. The van der Waals surface area contributed by atoms with Crippen molar-refractivity contribution in [1.82, 2.24) is 4.98 Å². The molecule has 1 aromatic carbocycles. The Balaban J connectivity index is 2.47.